The average molecular weight is 921 g/mol. The van der Waals surface area contributed by atoms with Crippen LogP contribution in [0.3, 0.4) is 0 Å². The maximum Gasteiger partial charge on any atom is 0.243 e. The van der Waals surface area contributed by atoms with Gasteiger partial charge in [0, 0.05) is 13.2 Å². The van der Waals surface area contributed by atoms with Gasteiger partial charge in [0.2, 0.25) is 12.7 Å². The van der Waals surface area contributed by atoms with Gasteiger partial charge in [-0.05, 0) is 12.8 Å². The van der Waals surface area contributed by atoms with Crippen molar-refractivity contribution in [2.75, 3.05) is 26.4 Å². The molecule has 0 bridgehead atoms. The van der Waals surface area contributed by atoms with Crippen molar-refractivity contribution in [3.63, 3.8) is 0 Å². The van der Waals surface area contributed by atoms with E-state index in [-0.39, 0.29) is 34.0 Å². The smallest absolute Gasteiger partial charge is 0.243 e. The molecule has 0 aliphatic carbocycles. The zero-order chi connectivity index (χ0) is 38.6. The molecule has 0 aliphatic rings. The quantitative estimate of drug-likeness (QED) is 0.0773. The third-order valence-corrected chi connectivity index (χ3v) is 10.9. The Morgan fingerprint density at radius 2 is 0.696 bits per heavy atom. The molecule has 2 heterocycles. The molecule has 0 spiro atoms. The largest absolute Gasteiger partial charge is 1.00 e. The molecule has 8 nitrogen and oxygen atoms in total. The molecule has 0 aromatic carbocycles. The number of aryl methyl sites for hydroxylation is 2. The fraction of sp³-hybridized carbons (Fsp3) is 0.870. The number of aliphatic hydroxyl groups excluding tert-OH is 2. The SMILES string of the molecule is CCCCCCCCCCCCCCCCOCC(O)C[n+]1ccn(CCn2cc[n+](CC(O)COCCCCCCCCCCCCCCCC)c2)c1.[Br-].[Br-]. The first-order valence-electron chi connectivity index (χ1n) is 23.2. The highest BCUT2D eigenvalue weighted by molar-refractivity contribution is 4.70. The molecule has 2 aromatic rings. The molecule has 56 heavy (non-hydrogen) atoms. The van der Waals surface area contributed by atoms with Crippen molar-refractivity contribution in [3.05, 3.63) is 37.4 Å². The Kier molecular flexibility index (Phi) is 40.4. The number of aromatic nitrogens is 4. The van der Waals surface area contributed by atoms with Gasteiger partial charge >= 0.3 is 0 Å². The van der Waals surface area contributed by atoms with E-state index < -0.39 is 12.2 Å². The molecule has 0 aliphatic heterocycles. The number of aliphatic hydroxyl groups is 2. The molecule has 10 heteroatoms. The standard InChI is InChI=1S/C46H88N4O4.2BrH/c1-3-5-7-9-11-13-15-17-19-21-23-25-27-29-37-53-41-45(51)39-49-35-33-47(43-49)31-32-48-34-36-50(44-48)40-46(52)42-54-38-30-28-26-24-22-20-18-16-14-12-10-8-6-4-2;;/h33-36,43-46,51-52H,3-32,37-42H2,1-2H3;2*1H/q+2;;/p-2. The third kappa shape index (κ3) is 33.1. The summed E-state index contributed by atoms with van der Waals surface area (Å²) in [4.78, 5) is 0. The first-order valence-corrected chi connectivity index (χ1v) is 23.2. The second-order valence-electron chi connectivity index (χ2n) is 16.3. The molecule has 2 aromatic heterocycles. The summed E-state index contributed by atoms with van der Waals surface area (Å²) in [6.45, 7) is 9.55. The van der Waals surface area contributed by atoms with Crippen molar-refractivity contribution < 1.29 is 62.8 Å². The molecular formula is C46H88Br2N4O4. The Morgan fingerprint density at radius 3 is 0.982 bits per heavy atom. The number of nitrogens with zero attached hydrogens (tertiary/aromatic N) is 4. The van der Waals surface area contributed by atoms with Gasteiger partial charge in [-0.3, -0.25) is 0 Å². The van der Waals surface area contributed by atoms with E-state index in [1.54, 1.807) is 0 Å². The first-order chi connectivity index (χ1) is 26.6. The zero-order valence-corrected chi connectivity index (χ0v) is 39.5. The molecule has 0 amide bonds. The monoisotopic (exact) mass is 919 g/mol. The number of hydrogen-bond donors (Lipinski definition) is 2. The van der Waals surface area contributed by atoms with Crippen molar-refractivity contribution in [3.8, 4) is 0 Å². The molecular weight excluding hydrogens is 832 g/mol. The summed E-state index contributed by atoms with van der Waals surface area (Å²) in [6.07, 6.45) is 49.2. The lowest BCUT2D eigenvalue weighted by Gasteiger charge is -2.09. The minimum Gasteiger partial charge on any atom is -1.00 e. The van der Waals surface area contributed by atoms with Crippen LogP contribution in [-0.4, -0.2) is 58.0 Å². The lowest BCUT2D eigenvalue weighted by atomic mass is 10.0. The van der Waals surface area contributed by atoms with Gasteiger partial charge in [0.1, 0.15) is 63.2 Å². The second-order valence-corrected chi connectivity index (χ2v) is 16.3. The van der Waals surface area contributed by atoms with Gasteiger partial charge in [-0.25, -0.2) is 18.3 Å². The Hall–Kier alpha value is -0.780. The summed E-state index contributed by atoms with van der Waals surface area (Å²) in [6, 6.07) is 0. The fourth-order valence-electron chi connectivity index (χ4n) is 7.42. The van der Waals surface area contributed by atoms with Crippen LogP contribution in [0.1, 0.15) is 194 Å². The highest BCUT2D eigenvalue weighted by Gasteiger charge is 2.14. The summed E-state index contributed by atoms with van der Waals surface area (Å²) < 4.78 is 19.9. The number of unbranched alkanes of at least 4 members (excludes halogenated alkanes) is 26. The van der Waals surface area contributed by atoms with Crippen molar-refractivity contribution in [2.24, 2.45) is 0 Å². The molecule has 0 radical (unpaired) electrons. The van der Waals surface area contributed by atoms with Crippen LogP contribution in [0.5, 0.6) is 0 Å². The summed E-state index contributed by atoms with van der Waals surface area (Å²) >= 11 is 0. The summed E-state index contributed by atoms with van der Waals surface area (Å²) in [5.74, 6) is 0. The number of hydrogen-bond acceptors (Lipinski definition) is 4. The van der Waals surface area contributed by atoms with Crippen molar-refractivity contribution >= 4 is 0 Å². The molecule has 2 unspecified atom stereocenters. The van der Waals surface area contributed by atoms with E-state index in [2.05, 4.69) is 35.4 Å². The van der Waals surface area contributed by atoms with E-state index in [4.69, 9.17) is 9.47 Å². The Labute approximate surface area is 366 Å². The summed E-state index contributed by atoms with van der Waals surface area (Å²) in [5.41, 5.74) is 0. The van der Waals surface area contributed by atoms with E-state index in [9.17, 15) is 10.2 Å². The lowest BCUT2D eigenvalue weighted by Crippen LogP contribution is -3.00. The van der Waals surface area contributed by atoms with E-state index in [1.807, 2.05) is 34.2 Å². The van der Waals surface area contributed by atoms with Gasteiger partial charge < -0.3 is 53.6 Å². The third-order valence-electron chi connectivity index (χ3n) is 10.9. The molecule has 0 saturated carbocycles. The van der Waals surface area contributed by atoms with Gasteiger partial charge in [-0.15, -0.1) is 0 Å². The highest BCUT2D eigenvalue weighted by Crippen LogP contribution is 2.14. The van der Waals surface area contributed by atoms with E-state index in [0.717, 1.165) is 39.1 Å². The van der Waals surface area contributed by atoms with Crippen LogP contribution in [0.2, 0.25) is 0 Å². The minimum atomic E-state index is -0.504. The minimum absolute atomic E-state index is 0. The van der Waals surface area contributed by atoms with Crippen LogP contribution in [0.15, 0.2) is 37.4 Å². The predicted octanol–water partition coefficient (Wildman–Crippen LogP) is 4.29. The average Bonchev–Trinajstić information content (AvgIpc) is 3.82. The molecule has 2 rings (SSSR count). The van der Waals surface area contributed by atoms with Crippen LogP contribution in [0, 0.1) is 0 Å². The van der Waals surface area contributed by atoms with Gasteiger partial charge in [-0.2, -0.15) is 0 Å². The van der Waals surface area contributed by atoms with E-state index >= 15 is 0 Å². The zero-order valence-electron chi connectivity index (χ0n) is 36.3. The molecule has 2 N–H and O–H groups in total. The second kappa shape index (κ2) is 41.0. The van der Waals surface area contributed by atoms with Crippen LogP contribution in [-0.2, 0) is 35.7 Å². The van der Waals surface area contributed by atoms with Gasteiger partial charge in [0.05, 0.1) is 13.2 Å². The topological polar surface area (TPSA) is 76.5 Å². The Morgan fingerprint density at radius 1 is 0.429 bits per heavy atom. The van der Waals surface area contributed by atoms with Gasteiger partial charge in [0.15, 0.2) is 0 Å². The highest BCUT2D eigenvalue weighted by atomic mass is 79.9. The van der Waals surface area contributed by atoms with Crippen LogP contribution in [0.4, 0.5) is 0 Å². The number of imidazole rings is 2. The maximum atomic E-state index is 10.5. The lowest BCUT2D eigenvalue weighted by molar-refractivity contribution is -0.703. The number of rotatable bonds is 41. The van der Waals surface area contributed by atoms with Crippen LogP contribution >= 0.6 is 0 Å². The van der Waals surface area contributed by atoms with E-state index in [1.165, 1.54) is 167 Å². The maximum absolute atomic E-state index is 10.5. The van der Waals surface area contributed by atoms with Crippen LogP contribution < -0.4 is 43.1 Å². The Bertz CT molecular complexity index is 989. The molecule has 0 fully saturated rings. The van der Waals surface area contributed by atoms with Crippen molar-refractivity contribution in [1.29, 1.82) is 0 Å². The number of ether oxygens (including phenoxy) is 2. The fourth-order valence-corrected chi connectivity index (χ4v) is 7.42. The normalized spacial score (nSPS) is 12.4. The Balaban J connectivity index is 0.0000151. The first kappa shape index (κ1) is 55.2. The molecule has 0 saturated heterocycles. The predicted molar refractivity (Wildman–Crippen MR) is 224 cm³/mol. The van der Waals surface area contributed by atoms with Crippen molar-refractivity contribution in [1.82, 2.24) is 9.13 Å². The van der Waals surface area contributed by atoms with Gasteiger partial charge in [0.25, 0.3) is 0 Å². The number of halogens is 2. The molecule has 2 atom stereocenters. The van der Waals surface area contributed by atoms with Crippen molar-refractivity contribution in [2.45, 2.75) is 232 Å². The van der Waals surface area contributed by atoms with Gasteiger partial charge in [-0.1, -0.05) is 181 Å². The van der Waals surface area contributed by atoms with Crippen LogP contribution in [0.25, 0.3) is 0 Å². The molecule has 330 valence electrons. The van der Waals surface area contributed by atoms with E-state index in [0.29, 0.717) is 26.3 Å². The summed E-state index contributed by atoms with van der Waals surface area (Å²) in [5, 5.41) is 21.0. The summed E-state index contributed by atoms with van der Waals surface area (Å²) in [7, 11) is 0.